The van der Waals surface area contributed by atoms with Crippen LogP contribution in [-0.4, -0.2) is 83.1 Å². The second kappa shape index (κ2) is 26.4. The van der Waals surface area contributed by atoms with Crippen LogP contribution in [0.15, 0.2) is 85.0 Å². The van der Waals surface area contributed by atoms with Gasteiger partial charge in [0.05, 0.1) is 20.8 Å². The number of esters is 6. The third-order valence-electron chi connectivity index (χ3n) is 10.6. The molecule has 0 unspecified atom stereocenters. The Labute approximate surface area is 369 Å². The fourth-order valence-electron chi connectivity index (χ4n) is 6.90. The van der Waals surface area contributed by atoms with Crippen molar-refractivity contribution in [1.82, 2.24) is 0 Å². The zero-order valence-corrected chi connectivity index (χ0v) is 37.1. The number of aryl methyl sites for hydroxylation is 1. The Hall–Kier alpha value is -6.05. The first-order valence-corrected chi connectivity index (χ1v) is 21.2. The van der Waals surface area contributed by atoms with Gasteiger partial charge in [0.15, 0.2) is 0 Å². The number of ether oxygens (including phenoxy) is 7. The Kier molecular flexibility index (Phi) is 21.5. The number of carbonyl (C=O) groups excluding carboxylic acids is 6. The van der Waals surface area contributed by atoms with E-state index in [4.69, 9.17) is 23.7 Å². The molecular weight excluding hydrogens is 816 g/mol. The van der Waals surface area contributed by atoms with E-state index in [-0.39, 0.29) is 23.6 Å². The molecule has 1 aliphatic rings. The van der Waals surface area contributed by atoms with Crippen molar-refractivity contribution < 1.29 is 66.3 Å². The lowest BCUT2D eigenvalue weighted by molar-refractivity contribution is -0.159. The molecule has 0 atom stereocenters. The van der Waals surface area contributed by atoms with Crippen LogP contribution >= 0.6 is 0 Å². The molecule has 0 amide bonds. The summed E-state index contributed by atoms with van der Waals surface area (Å²) in [6.45, 7) is 10.4. The summed E-state index contributed by atoms with van der Waals surface area (Å²) in [5, 5.41) is 0. The molecule has 0 heterocycles. The Morgan fingerprint density at radius 3 is 1.83 bits per heavy atom. The van der Waals surface area contributed by atoms with E-state index in [0.717, 1.165) is 75.7 Å². The zero-order valence-electron chi connectivity index (χ0n) is 37.1. The molecule has 0 spiro atoms. The third-order valence-corrected chi connectivity index (χ3v) is 10.6. The van der Waals surface area contributed by atoms with Gasteiger partial charge < -0.3 is 33.2 Å². The van der Waals surface area contributed by atoms with Crippen molar-refractivity contribution >= 4 is 35.8 Å². The minimum absolute atomic E-state index is 0.0458. The highest BCUT2D eigenvalue weighted by Crippen LogP contribution is 2.39. The van der Waals surface area contributed by atoms with E-state index in [1.807, 2.05) is 6.07 Å². The predicted molar refractivity (Wildman–Crippen MR) is 233 cm³/mol. The van der Waals surface area contributed by atoms with Crippen LogP contribution in [0.4, 0.5) is 4.39 Å². The molecule has 0 N–H and O–H groups in total. The summed E-state index contributed by atoms with van der Waals surface area (Å²) < 4.78 is 53.2. The first-order chi connectivity index (χ1) is 30.1. The number of carbonyl (C=O) groups is 6. The normalized spacial score (nSPS) is 15.0. The number of benzene rings is 2. The minimum atomic E-state index is -1.60. The molecule has 342 valence electrons. The maximum Gasteiger partial charge on any atom is 0.333 e. The van der Waals surface area contributed by atoms with Gasteiger partial charge in [0.1, 0.15) is 43.4 Å². The highest BCUT2D eigenvalue weighted by atomic mass is 19.1. The SMILES string of the molecule is C=C(C)C(=O)OCCCc1cc(-c2ccc(C3CCC(CCCCC)CC3)cc2F)ccc1OCC(COC(=O)/C=C\C(=O)OC)(COC(=O)/C=C\C(=O)OC)COC(=O)C(=C)C. The van der Waals surface area contributed by atoms with Crippen LogP contribution in [0.5, 0.6) is 5.75 Å². The summed E-state index contributed by atoms with van der Waals surface area (Å²) in [5.41, 5.74) is 1.22. The second-order valence-electron chi connectivity index (χ2n) is 15.9. The molecule has 1 saturated carbocycles. The maximum atomic E-state index is 16.0. The van der Waals surface area contributed by atoms with E-state index in [0.29, 0.717) is 41.2 Å². The molecule has 63 heavy (non-hydrogen) atoms. The van der Waals surface area contributed by atoms with Crippen LogP contribution in [0.25, 0.3) is 11.1 Å². The molecule has 1 fully saturated rings. The van der Waals surface area contributed by atoms with E-state index in [1.54, 1.807) is 30.3 Å². The Balaban J connectivity index is 1.98. The van der Waals surface area contributed by atoms with E-state index in [9.17, 15) is 28.8 Å². The Morgan fingerprint density at radius 1 is 0.698 bits per heavy atom. The Morgan fingerprint density at radius 2 is 1.27 bits per heavy atom. The molecule has 0 bridgehead atoms. The van der Waals surface area contributed by atoms with Crippen molar-refractivity contribution in [3.05, 3.63) is 102 Å². The van der Waals surface area contributed by atoms with Crippen LogP contribution in [0.2, 0.25) is 0 Å². The summed E-state index contributed by atoms with van der Waals surface area (Å²) >= 11 is 0. The van der Waals surface area contributed by atoms with Crippen molar-refractivity contribution in [3.8, 4) is 16.9 Å². The van der Waals surface area contributed by atoms with Crippen LogP contribution in [-0.2, 0) is 63.6 Å². The standard InChI is InChI=1S/C49H61FO13/c1-8-9-10-12-35-14-16-36(17-15-35)37-18-20-40(41(50)28-37)38-19-21-42(39(27-38)13-11-26-59-47(55)33(2)3)60-29-49(32-63-48(56)34(4)5,30-61-45(53)24-22-43(51)57-6)31-62-46(54)25-23-44(52)58-7/h18-25,27-28,35-36H,2,4,8-17,26,29-32H2,1,3,5-7H3/b24-22-,25-23-. The maximum absolute atomic E-state index is 16.0. The van der Waals surface area contributed by atoms with Crippen molar-refractivity contribution in [2.45, 2.75) is 90.9 Å². The predicted octanol–water partition coefficient (Wildman–Crippen LogP) is 8.43. The lowest BCUT2D eigenvalue weighted by atomic mass is 9.77. The van der Waals surface area contributed by atoms with E-state index < -0.39 is 67.7 Å². The van der Waals surface area contributed by atoms with Crippen LogP contribution < -0.4 is 4.74 Å². The number of hydrogen-bond acceptors (Lipinski definition) is 13. The second-order valence-corrected chi connectivity index (χ2v) is 15.9. The lowest BCUT2D eigenvalue weighted by Gasteiger charge is -2.32. The largest absolute Gasteiger partial charge is 0.492 e. The smallest absolute Gasteiger partial charge is 0.333 e. The van der Waals surface area contributed by atoms with Gasteiger partial charge in [0, 0.05) is 41.0 Å². The van der Waals surface area contributed by atoms with Gasteiger partial charge in [-0.2, -0.15) is 0 Å². The van der Waals surface area contributed by atoms with Crippen LogP contribution in [0.3, 0.4) is 0 Å². The van der Waals surface area contributed by atoms with E-state index in [2.05, 4.69) is 29.6 Å². The summed E-state index contributed by atoms with van der Waals surface area (Å²) in [4.78, 5) is 73.4. The molecule has 0 aromatic heterocycles. The monoisotopic (exact) mass is 876 g/mol. The van der Waals surface area contributed by atoms with Crippen molar-refractivity contribution in [1.29, 1.82) is 0 Å². The molecule has 1 aliphatic carbocycles. The van der Waals surface area contributed by atoms with Crippen molar-refractivity contribution in [2.75, 3.05) is 47.3 Å². The minimum Gasteiger partial charge on any atom is -0.492 e. The number of halogens is 1. The molecular formula is C49H61FO13. The first-order valence-electron chi connectivity index (χ1n) is 21.2. The molecule has 3 rings (SSSR count). The third kappa shape index (κ3) is 17.7. The highest BCUT2D eigenvalue weighted by Gasteiger charge is 2.38. The first kappa shape index (κ1) is 51.3. The van der Waals surface area contributed by atoms with Gasteiger partial charge in [-0.25, -0.2) is 33.2 Å². The van der Waals surface area contributed by atoms with Gasteiger partial charge in [-0.05, 0) is 99.1 Å². The quantitative estimate of drug-likeness (QED) is 0.0404. The highest BCUT2D eigenvalue weighted by molar-refractivity contribution is 5.92. The van der Waals surface area contributed by atoms with Gasteiger partial charge in [0.2, 0.25) is 0 Å². The van der Waals surface area contributed by atoms with Crippen molar-refractivity contribution in [3.63, 3.8) is 0 Å². The molecule has 2 aromatic carbocycles. The van der Waals surface area contributed by atoms with E-state index >= 15 is 4.39 Å². The molecule has 0 radical (unpaired) electrons. The van der Waals surface area contributed by atoms with Gasteiger partial charge >= 0.3 is 35.8 Å². The molecule has 0 aliphatic heterocycles. The molecule has 2 aromatic rings. The molecule has 14 heteroatoms. The van der Waals surface area contributed by atoms with Crippen molar-refractivity contribution in [2.24, 2.45) is 11.3 Å². The number of unbranched alkanes of at least 4 members (excludes halogenated alkanes) is 2. The zero-order chi connectivity index (χ0) is 46.4. The van der Waals surface area contributed by atoms with E-state index in [1.165, 1.54) is 39.5 Å². The fraction of sp³-hybridized carbons (Fsp3) is 0.469. The average molecular weight is 877 g/mol. The van der Waals surface area contributed by atoms with Gasteiger partial charge in [-0.15, -0.1) is 0 Å². The van der Waals surface area contributed by atoms with Gasteiger partial charge in [-0.3, -0.25) is 0 Å². The summed E-state index contributed by atoms with van der Waals surface area (Å²) in [6.07, 6.45) is 13.3. The Bertz CT molecular complexity index is 1950. The average Bonchev–Trinajstić information content (AvgIpc) is 3.28. The summed E-state index contributed by atoms with van der Waals surface area (Å²) in [7, 11) is 2.26. The number of hydrogen-bond donors (Lipinski definition) is 0. The molecule has 0 saturated heterocycles. The number of methoxy groups -OCH3 is 2. The van der Waals surface area contributed by atoms with Crippen LogP contribution in [0, 0.1) is 17.2 Å². The summed E-state index contributed by atoms with van der Waals surface area (Å²) in [5.74, 6) is -3.99. The fourth-order valence-corrected chi connectivity index (χ4v) is 6.90. The van der Waals surface area contributed by atoms with Gasteiger partial charge in [-0.1, -0.05) is 64.0 Å². The summed E-state index contributed by atoms with van der Waals surface area (Å²) in [6, 6.07) is 10.5. The van der Waals surface area contributed by atoms with Crippen LogP contribution in [0.1, 0.15) is 95.6 Å². The van der Waals surface area contributed by atoms with Gasteiger partial charge in [0.25, 0.3) is 0 Å². The lowest BCUT2D eigenvalue weighted by Crippen LogP contribution is -2.44. The molecule has 13 nitrogen and oxygen atoms in total. The number of rotatable bonds is 25. The topological polar surface area (TPSA) is 167 Å².